The Labute approximate surface area is 151 Å². The fraction of sp³-hybridized carbons (Fsp3) is 0.529. The van der Waals surface area contributed by atoms with Crippen molar-refractivity contribution in [3.63, 3.8) is 0 Å². The van der Waals surface area contributed by atoms with Gasteiger partial charge in [0.2, 0.25) is 5.91 Å². The van der Waals surface area contributed by atoms with Gasteiger partial charge in [-0.25, -0.2) is 4.79 Å². The van der Waals surface area contributed by atoms with Crippen molar-refractivity contribution in [1.82, 2.24) is 4.90 Å². The quantitative estimate of drug-likeness (QED) is 0.788. The number of benzene rings is 1. The molecule has 1 fully saturated rings. The second-order valence-electron chi connectivity index (χ2n) is 5.95. The van der Waals surface area contributed by atoms with Crippen LogP contribution in [0.25, 0.3) is 0 Å². The zero-order valence-corrected chi connectivity index (χ0v) is 15.8. The van der Waals surface area contributed by atoms with Gasteiger partial charge in [0.1, 0.15) is 0 Å². The van der Waals surface area contributed by atoms with Crippen molar-refractivity contribution in [3.05, 3.63) is 28.2 Å². The van der Waals surface area contributed by atoms with E-state index in [1.54, 1.807) is 4.90 Å². The molecule has 0 bridgehead atoms. The molecule has 2 amide bonds. The number of nitrogens with one attached hydrogen (secondary N) is 2. The van der Waals surface area contributed by atoms with Gasteiger partial charge in [0.05, 0.1) is 45.8 Å². The van der Waals surface area contributed by atoms with Gasteiger partial charge < -0.3 is 15.0 Å². The molecular formula is C17H25BrN3O3+. The van der Waals surface area contributed by atoms with Gasteiger partial charge in [-0.2, -0.15) is 0 Å². The van der Waals surface area contributed by atoms with Crippen LogP contribution < -0.4 is 10.2 Å². The lowest BCUT2D eigenvalue weighted by Gasteiger charge is -2.31. The third kappa shape index (κ3) is 5.49. The molecule has 1 aromatic carbocycles. The minimum Gasteiger partial charge on any atom is -0.450 e. The van der Waals surface area contributed by atoms with E-state index in [-0.39, 0.29) is 12.0 Å². The summed E-state index contributed by atoms with van der Waals surface area (Å²) >= 11 is 3.47. The molecule has 0 spiro atoms. The first-order valence-electron chi connectivity index (χ1n) is 8.31. The summed E-state index contributed by atoms with van der Waals surface area (Å²) in [6.45, 7) is 8.06. The number of carbonyl (C=O) groups excluding carboxylic acids is 2. The fourth-order valence-electron chi connectivity index (χ4n) is 2.65. The molecule has 7 heteroatoms. The second-order valence-corrected chi connectivity index (χ2v) is 6.80. The molecule has 24 heavy (non-hydrogen) atoms. The molecule has 1 heterocycles. The maximum absolute atomic E-state index is 12.1. The number of amides is 2. The van der Waals surface area contributed by atoms with Gasteiger partial charge in [0.15, 0.2) is 0 Å². The zero-order chi connectivity index (χ0) is 17.5. The number of hydrogen-bond acceptors (Lipinski definition) is 3. The van der Waals surface area contributed by atoms with Crippen LogP contribution in [-0.2, 0) is 9.53 Å². The standard InChI is InChI=1S/C17H24BrN3O3/c1-3-24-17(23)21-10-8-20(9-11-21)7-6-16(22)19-14-5-4-13(2)15(18)12-14/h4-5,12H,3,6-11H2,1-2H3,(H,19,22)/p+1. The number of rotatable bonds is 5. The van der Waals surface area contributed by atoms with Crippen molar-refractivity contribution >= 4 is 33.6 Å². The molecule has 1 aliphatic heterocycles. The van der Waals surface area contributed by atoms with Crippen LogP contribution in [0.5, 0.6) is 0 Å². The Morgan fingerprint density at radius 3 is 2.67 bits per heavy atom. The monoisotopic (exact) mass is 398 g/mol. The summed E-state index contributed by atoms with van der Waals surface area (Å²) in [5.41, 5.74) is 1.94. The van der Waals surface area contributed by atoms with E-state index < -0.39 is 0 Å². The first-order chi connectivity index (χ1) is 11.5. The molecule has 1 aromatic rings. The Morgan fingerprint density at radius 2 is 2.04 bits per heavy atom. The molecule has 0 atom stereocenters. The molecule has 1 saturated heterocycles. The highest BCUT2D eigenvalue weighted by atomic mass is 79.9. The summed E-state index contributed by atoms with van der Waals surface area (Å²) in [5.74, 6) is 0.0195. The number of halogens is 1. The van der Waals surface area contributed by atoms with Gasteiger partial charge in [-0.15, -0.1) is 0 Å². The summed E-state index contributed by atoms with van der Waals surface area (Å²) in [5, 5.41) is 2.93. The van der Waals surface area contributed by atoms with E-state index in [2.05, 4.69) is 21.2 Å². The van der Waals surface area contributed by atoms with E-state index in [4.69, 9.17) is 4.74 Å². The van der Waals surface area contributed by atoms with E-state index in [0.29, 0.717) is 26.1 Å². The Hall–Kier alpha value is -1.60. The molecule has 0 aromatic heterocycles. The summed E-state index contributed by atoms with van der Waals surface area (Å²) in [6.07, 6.45) is 0.236. The number of quaternary nitrogens is 1. The number of ether oxygens (including phenoxy) is 1. The van der Waals surface area contributed by atoms with Crippen LogP contribution in [0.2, 0.25) is 0 Å². The largest absolute Gasteiger partial charge is 0.450 e. The van der Waals surface area contributed by atoms with E-state index >= 15 is 0 Å². The maximum atomic E-state index is 12.1. The Morgan fingerprint density at radius 1 is 1.33 bits per heavy atom. The van der Waals surface area contributed by atoms with Gasteiger partial charge in [0, 0.05) is 10.2 Å². The van der Waals surface area contributed by atoms with Gasteiger partial charge in [-0.3, -0.25) is 9.69 Å². The summed E-state index contributed by atoms with van der Waals surface area (Å²) < 4.78 is 6.00. The Bertz CT molecular complexity index is 586. The number of piperazine rings is 1. The molecule has 132 valence electrons. The number of anilines is 1. The SMILES string of the molecule is CCOC(=O)N1CC[NH+](CCC(=O)Nc2ccc(C)c(Br)c2)CC1. The number of hydrogen-bond donors (Lipinski definition) is 2. The van der Waals surface area contributed by atoms with Gasteiger partial charge in [-0.1, -0.05) is 22.0 Å². The predicted octanol–water partition coefficient (Wildman–Crippen LogP) is 1.44. The van der Waals surface area contributed by atoms with Crippen molar-refractivity contribution in [2.75, 3.05) is 44.6 Å². The van der Waals surface area contributed by atoms with Crippen molar-refractivity contribution in [3.8, 4) is 0 Å². The average Bonchev–Trinajstić information content (AvgIpc) is 2.57. The van der Waals surface area contributed by atoms with Crippen LogP contribution in [0.3, 0.4) is 0 Å². The topological polar surface area (TPSA) is 63.1 Å². The van der Waals surface area contributed by atoms with Crippen LogP contribution in [0.15, 0.2) is 22.7 Å². The Balaban J connectivity index is 1.71. The summed E-state index contributed by atoms with van der Waals surface area (Å²) in [4.78, 5) is 26.8. The normalized spacial score (nSPS) is 15.2. The van der Waals surface area contributed by atoms with Crippen LogP contribution in [0, 0.1) is 6.92 Å². The molecule has 0 radical (unpaired) electrons. The minimum absolute atomic E-state index is 0.0195. The van der Waals surface area contributed by atoms with Gasteiger partial charge in [-0.05, 0) is 31.5 Å². The molecule has 2 N–H and O–H groups in total. The van der Waals surface area contributed by atoms with Crippen LogP contribution in [0.1, 0.15) is 18.9 Å². The first-order valence-corrected chi connectivity index (χ1v) is 9.10. The van der Waals surface area contributed by atoms with E-state index in [9.17, 15) is 9.59 Å². The minimum atomic E-state index is -0.237. The zero-order valence-electron chi connectivity index (χ0n) is 14.2. The molecular weight excluding hydrogens is 374 g/mol. The third-order valence-corrected chi connectivity index (χ3v) is 5.01. The molecule has 0 saturated carbocycles. The Kier molecular flexibility index (Phi) is 7.05. The van der Waals surface area contributed by atoms with Crippen molar-refractivity contribution in [2.45, 2.75) is 20.3 Å². The third-order valence-electron chi connectivity index (χ3n) is 4.16. The molecule has 6 nitrogen and oxygen atoms in total. The maximum Gasteiger partial charge on any atom is 0.410 e. The van der Waals surface area contributed by atoms with E-state index in [0.717, 1.165) is 35.4 Å². The van der Waals surface area contributed by atoms with Crippen molar-refractivity contribution in [2.24, 2.45) is 0 Å². The van der Waals surface area contributed by atoms with Crippen molar-refractivity contribution in [1.29, 1.82) is 0 Å². The fourth-order valence-corrected chi connectivity index (χ4v) is 3.03. The van der Waals surface area contributed by atoms with Gasteiger partial charge >= 0.3 is 6.09 Å². The van der Waals surface area contributed by atoms with Crippen LogP contribution in [-0.4, -0.2) is 56.2 Å². The summed E-state index contributed by atoms with van der Waals surface area (Å²) in [7, 11) is 0. The average molecular weight is 399 g/mol. The number of carbonyl (C=O) groups is 2. The van der Waals surface area contributed by atoms with Gasteiger partial charge in [0.25, 0.3) is 0 Å². The van der Waals surface area contributed by atoms with Crippen LogP contribution >= 0.6 is 15.9 Å². The second kappa shape index (κ2) is 9.03. The number of aryl methyl sites for hydroxylation is 1. The first kappa shape index (κ1) is 18.7. The lowest BCUT2D eigenvalue weighted by Crippen LogP contribution is -3.15. The van der Waals surface area contributed by atoms with E-state index in [1.807, 2.05) is 32.0 Å². The lowest BCUT2D eigenvalue weighted by molar-refractivity contribution is -0.903. The van der Waals surface area contributed by atoms with Crippen LogP contribution in [0.4, 0.5) is 10.5 Å². The molecule has 0 aliphatic carbocycles. The molecule has 1 aliphatic rings. The van der Waals surface area contributed by atoms with Crippen molar-refractivity contribution < 1.29 is 19.2 Å². The smallest absolute Gasteiger partial charge is 0.410 e. The lowest BCUT2D eigenvalue weighted by atomic mass is 10.2. The molecule has 2 rings (SSSR count). The highest BCUT2D eigenvalue weighted by Crippen LogP contribution is 2.20. The van der Waals surface area contributed by atoms with E-state index in [1.165, 1.54) is 4.90 Å². The summed E-state index contributed by atoms with van der Waals surface area (Å²) in [6, 6.07) is 5.79. The molecule has 0 unspecified atom stereocenters. The highest BCUT2D eigenvalue weighted by Gasteiger charge is 2.24. The highest BCUT2D eigenvalue weighted by molar-refractivity contribution is 9.10. The number of nitrogens with zero attached hydrogens (tertiary/aromatic N) is 1. The predicted molar refractivity (Wildman–Crippen MR) is 96.3 cm³/mol.